The lowest BCUT2D eigenvalue weighted by molar-refractivity contribution is -0.384. The second kappa shape index (κ2) is 7.13. The first-order valence-corrected chi connectivity index (χ1v) is 8.14. The SMILES string of the molecule is Cn1ccnc1[C@H](Nc1ccc([N+](=O)[O-])cc1Cl)c1ccc(Cl)cc1. The third-order valence-corrected chi connectivity index (χ3v) is 4.35. The predicted molar refractivity (Wildman–Crippen MR) is 98.2 cm³/mol. The number of nitrogens with one attached hydrogen (secondary N) is 1. The molecule has 0 spiro atoms. The summed E-state index contributed by atoms with van der Waals surface area (Å²) in [4.78, 5) is 14.8. The molecule has 1 aromatic heterocycles. The van der Waals surface area contributed by atoms with Crippen LogP contribution in [0, 0.1) is 10.1 Å². The Hall–Kier alpha value is -2.57. The minimum absolute atomic E-state index is 0.0596. The zero-order valence-electron chi connectivity index (χ0n) is 13.2. The molecular weight excluding hydrogens is 363 g/mol. The molecule has 0 unspecified atom stereocenters. The number of aromatic nitrogens is 2. The van der Waals surface area contributed by atoms with Gasteiger partial charge in [-0.25, -0.2) is 4.98 Å². The molecule has 0 amide bonds. The molecule has 1 atom stereocenters. The Morgan fingerprint density at radius 1 is 1.20 bits per heavy atom. The zero-order chi connectivity index (χ0) is 18.0. The van der Waals surface area contributed by atoms with Crippen molar-refractivity contribution in [2.45, 2.75) is 6.04 Å². The van der Waals surface area contributed by atoms with Crippen LogP contribution in [0.2, 0.25) is 10.0 Å². The van der Waals surface area contributed by atoms with Crippen LogP contribution in [0.4, 0.5) is 11.4 Å². The van der Waals surface area contributed by atoms with Gasteiger partial charge in [0.25, 0.3) is 5.69 Å². The van der Waals surface area contributed by atoms with E-state index in [2.05, 4.69) is 10.3 Å². The number of anilines is 1. The lowest BCUT2D eigenvalue weighted by Crippen LogP contribution is -2.17. The van der Waals surface area contributed by atoms with Gasteiger partial charge in [-0.15, -0.1) is 0 Å². The van der Waals surface area contributed by atoms with Gasteiger partial charge in [-0.2, -0.15) is 0 Å². The number of aryl methyl sites for hydroxylation is 1. The minimum atomic E-state index is -0.481. The summed E-state index contributed by atoms with van der Waals surface area (Å²) in [6.45, 7) is 0. The molecule has 0 aliphatic carbocycles. The van der Waals surface area contributed by atoms with Crippen molar-refractivity contribution in [3.8, 4) is 0 Å². The normalized spacial score (nSPS) is 12.0. The van der Waals surface area contributed by atoms with Gasteiger partial charge in [0.15, 0.2) is 0 Å². The van der Waals surface area contributed by atoms with E-state index in [4.69, 9.17) is 23.2 Å². The first kappa shape index (κ1) is 17.3. The summed E-state index contributed by atoms with van der Waals surface area (Å²) >= 11 is 12.2. The van der Waals surface area contributed by atoms with Gasteiger partial charge in [0.05, 0.1) is 15.6 Å². The van der Waals surface area contributed by atoms with Crippen molar-refractivity contribution >= 4 is 34.6 Å². The molecular formula is C17H14Cl2N4O2. The third kappa shape index (κ3) is 3.75. The van der Waals surface area contributed by atoms with Gasteiger partial charge in [-0.05, 0) is 23.8 Å². The second-order valence-corrected chi connectivity index (χ2v) is 6.29. The molecule has 0 saturated heterocycles. The number of non-ortho nitro benzene ring substituents is 1. The Kier molecular flexibility index (Phi) is 4.92. The summed E-state index contributed by atoms with van der Waals surface area (Å²) in [5.41, 5.74) is 1.46. The van der Waals surface area contributed by atoms with Crippen LogP contribution in [0.1, 0.15) is 17.4 Å². The molecule has 0 saturated carbocycles. The summed E-state index contributed by atoms with van der Waals surface area (Å²) in [5, 5.41) is 15.1. The van der Waals surface area contributed by atoms with Crippen molar-refractivity contribution in [1.29, 1.82) is 0 Å². The monoisotopic (exact) mass is 376 g/mol. The number of nitro groups is 1. The van der Waals surface area contributed by atoms with Crippen molar-refractivity contribution in [3.63, 3.8) is 0 Å². The van der Waals surface area contributed by atoms with Gasteiger partial charge in [-0.1, -0.05) is 35.3 Å². The number of nitro benzene ring substituents is 1. The summed E-state index contributed by atoms with van der Waals surface area (Å²) in [7, 11) is 1.89. The van der Waals surface area contributed by atoms with Crippen molar-refractivity contribution in [1.82, 2.24) is 9.55 Å². The van der Waals surface area contributed by atoms with E-state index in [1.54, 1.807) is 24.4 Å². The van der Waals surface area contributed by atoms with Gasteiger partial charge in [0.2, 0.25) is 0 Å². The van der Waals surface area contributed by atoms with E-state index in [1.165, 1.54) is 12.1 Å². The Morgan fingerprint density at radius 3 is 2.48 bits per heavy atom. The maximum absolute atomic E-state index is 10.9. The first-order valence-electron chi connectivity index (χ1n) is 7.39. The van der Waals surface area contributed by atoms with Crippen LogP contribution in [-0.2, 0) is 7.05 Å². The van der Waals surface area contributed by atoms with E-state index in [1.807, 2.05) is 29.9 Å². The highest BCUT2D eigenvalue weighted by molar-refractivity contribution is 6.33. The molecule has 8 heteroatoms. The van der Waals surface area contributed by atoms with Crippen LogP contribution in [0.25, 0.3) is 0 Å². The van der Waals surface area contributed by atoms with Gasteiger partial charge >= 0.3 is 0 Å². The van der Waals surface area contributed by atoms with E-state index >= 15 is 0 Å². The van der Waals surface area contributed by atoms with Crippen molar-refractivity contribution in [2.24, 2.45) is 7.05 Å². The topological polar surface area (TPSA) is 73.0 Å². The Morgan fingerprint density at radius 2 is 1.92 bits per heavy atom. The molecule has 2 aromatic carbocycles. The summed E-state index contributed by atoms with van der Waals surface area (Å²) < 4.78 is 1.89. The van der Waals surface area contributed by atoms with Crippen LogP contribution in [-0.4, -0.2) is 14.5 Å². The molecule has 0 bridgehead atoms. The van der Waals surface area contributed by atoms with E-state index in [-0.39, 0.29) is 16.8 Å². The number of hydrogen-bond acceptors (Lipinski definition) is 4. The molecule has 0 aliphatic heterocycles. The van der Waals surface area contributed by atoms with E-state index in [9.17, 15) is 10.1 Å². The van der Waals surface area contributed by atoms with Gasteiger partial charge in [0.1, 0.15) is 11.9 Å². The maximum atomic E-state index is 10.9. The fraction of sp³-hybridized carbons (Fsp3) is 0.118. The molecule has 3 rings (SSSR count). The number of hydrogen-bond donors (Lipinski definition) is 1. The molecule has 25 heavy (non-hydrogen) atoms. The van der Waals surface area contributed by atoms with Crippen LogP contribution in [0.15, 0.2) is 54.9 Å². The third-order valence-electron chi connectivity index (χ3n) is 3.78. The Labute approximate surface area is 154 Å². The van der Waals surface area contributed by atoms with Crippen LogP contribution in [0.3, 0.4) is 0 Å². The number of benzene rings is 2. The maximum Gasteiger partial charge on any atom is 0.271 e. The average molecular weight is 377 g/mol. The molecule has 3 aromatic rings. The standard InChI is InChI=1S/C17H14Cl2N4O2/c1-22-9-8-20-17(22)16(11-2-4-12(18)5-3-11)21-15-7-6-13(23(24)25)10-14(15)19/h2-10,16,21H,1H3/t16-/m1/s1. The first-order chi connectivity index (χ1) is 12.0. The lowest BCUT2D eigenvalue weighted by Gasteiger charge is -2.21. The van der Waals surface area contributed by atoms with Crippen molar-refractivity contribution in [3.05, 3.63) is 86.4 Å². The summed E-state index contributed by atoms with van der Waals surface area (Å²) in [6, 6.07) is 11.4. The van der Waals surface area contributed by atoms with E-state index in [0.29, 0.717) is 10.7 Å². The molecule has 1 heterocycles. The van der Waals surface area contributed by atoms with E-state index in [0.717, 1.165) is 11.4 Å². The quantitative estimate of drug-likeness (QED) is 0.510. The van der Waals surface area contributed by atoms with Gasteiger partial charge < -0.3 is 9.88 Å². The smallest absolute Gasteiger partial charge is 0.271 e. The summed E-state index contributed by atoms with van der Waals surface area (Å²) in [6.07, 6.45) is 3.55. The van der Waals surface area contributed by atoms with Crippen molar-refractivity contribution < 1.29 is 4.92 Å². The van der Waals surface area contributed by atoms with Crippen LogP contribution >= 0.6 is 23.2 Å². The highest BCUT2D eigenvalue weighted by Crippen LogP contribution is 2.32. The molecule has 0 fully saturated rings. The molecule has 1 N–H and O–H groups in total. The number of halogens is 2. The zero-order valence-corrected chi connectivity index (χ0v) is 14.7. The van der Waals surface area contributed by atoms with Gasteiger partial charge in [0, 0.05) is 36.6 Å². The van der Waals surface area contributed by atoms with E-state index < -0.39 is 4.92 Å². The fourth-order valence-electron chi connectivity index (χ4n) is 2.50. The minimum Gasteiger partial charge on any atom is -0.370 e. The Bertz CT molecular complexity index is 909. The van der Waals surface area contributed by atoms with Gasteiger partial charge in [-0.3, -0.25) is 10.1 Å². The number of rotatable bonds is 5. The largest absolute Gasteiger partial charge is 0.370 e. The number of nitrogens with zero attached hydrogens (tertiary/aromatic N) is 3. The summed E-state index contributed by atoms with van der Waals surface area (Å²) in [5.74, 6) is 0.775. The highest BCUT2D eigenvalue weighted by atomic mass is 35.5. The lowest BCUT2D eigenvalue weighted by atomic mass is 10.1. The molecule has 128 valence electrons. The second-order valence-electron chi connectivity index (χ2n) is 5.45. The number of imidazole rings is 1. The van der Waals surface area contributed by atoms with Crippen molar-refractivity contribution in [2.75, 3.05) is 5.32 Å². The fourth-order valence-corrected chi connectivity index (χ4v) is 2.85. The predicted octanol–water partition coefficient (Wildman–Crippen LogP) is 4.84. The molecule has 6 nitrogen and oxygen atoms in total. The highest BCUT2D eigenvalue weighted by Gasteiger charge is 2.20. The Balaban J connectivity index is 2.00. The van der Waals surface area contributed by atoms with Crippen LogP contribution < -0.4 is 5.32 Å². The van der Waals surface area contributed by atoms with Crippen LogP contribution in [0.5, 0.6) is 0 Å². The average Bonchev–Trinajstić information content (AvgIpc) is 3.00. The molecule has 0 radical (unpaired) electrons. The molecule has 0 aliphatic rings.